The summed E-state index contributed by atoms with van der Waals surface area (Å²) in [5.74, 6) is 0.762. The minimum absolute atomic E-state index is 0.0951. The molecule has 0 heterocycles. The predicted octanol–water partition coefficient (Wildman–Crippen LogP) is 2.88. The smallest absolute Gasteiger partial charge is 0.136 e. The van der Waals surface area contributed by atoms with Crippen molar-refractivity contribution in [3.05, 3.63) is 24.3 Å². The lowest BCUT2D eigenvalue weighted by atomic mass is 9.90. The molecule has 90 valence electrons. The van der Waals surface area contributed by atoms with Gasteiger partial charge in [-0.15, -0.1) is 6.58 Å². The van der Waals surface area contributed by atoms with Crippen LogP contribution < -0.4 is 0 Å². The lowest BCUT2D eigenvalue weighted by molar-refractivity contribution is -0.121. The number of allylic oxidation sites excluding steroid dienone is 2. The Morgan fingerprint density at radius 1 is 1.62 bits per heavy atom. The van der Waals surface area contributed by atoms with Crippen LogP contribution in [0.1, 0.15) is 39.5 Å². The van der Waals surface area contributed by atoms with Gasteiger partial charge in [0.1, 0.15) is 5.78 Å². The lowest BCUT2D eigenvalue weighted by Crippen LogP contribution is -2.16. The van der Waals surface area contributed by atoms with E-state index in [0.29, 0.717) is 24.5 Å². The van der Waals surface area contributed by atoms with Gasteiger partial charge in [-0.3, -0.25) is 4.79 Å². The van der Waals surface area contributed by atoms with Gasteiger partial charge in [-0.2, -0.15) is 0 Å². The van der Waals surface area contributed by atoms with Crippen molar-refractivity contribution in [1.29, 1.82) is 0 Å². The van der Waals surface area contributed by atoms with Crippen LogP contribution in [-0.2, 0) is 4.79 Å². The predicted molar refractivity (Wildman–Crippen MR) is 66.1 cm³/mol. The number of aliphatic hydroxyl groups is 1. The Hall–Kier alpha value is -0.890. The molecule has 0 aliphatic heterocycles. The second-order valence-corrected chi connectivity index (χ2v) is 4.90. The molecule has 16 heavy (non-hydrogen) atoms. The maximum absolute atomic E-state index is 11.6. The van der Waals surface area contributed by atoms with Crippen LogP contribution in [0.5, 0.6) is 0 Å². The summed E-state index contributed by atoms with van der Waals surface area (Å²) in [5, 5.41) is 9.71. The fraction of sp³-hybridized carbons (Fsp3) is 0.643. The lowest BCUT2D eigenvalue weighted by Gasteiger charge is -2.15. The molecular formula is C14H22O2. The topological polar surface area (TPSA) is 37.3 Å². The number of ketones is 1. The van der Waals surface area contributed by atoms with Gasteiger partial charge < -0.3 is 5.11 Å². The minimum atomic E-state index is -0.413. The van der Waals surface area contributed by atoms with Gasteiger partial charge >= 0.3 is 0 Å². The van der Waals surface area contributed by atoms with Crippen LogP contribution in [-0.4, -0.2) is 17.0 Å². The number of Topliss-reactive ketones (excluding diaryl/α,β-unsaturated/α-hetero) is 1. The summed E-state index contributed by atoms with van der Waals surface area (Å²) in [6.45, 7) is 7.71. The molecule has 1 fully saturated rings. The Bertz CT molecular complexity index is 287. The Labute approximate surface area is 98.1 Å². The van der Waals surface area contributed by atoms with Crippen LogP contribution in [0, 0.1) is 11.8 Å². The third-order valence-corrected chi connectivity index (χ3v) is 3.26. The van der Waals surface area contributed by atoms with Crippen molar-refractivity contribution >= 4 is 5.78 Å². The van der Waals surface area contributed by atoms with E-state index in [9.17, 15) is 9.90 Å². The average molecular weight is 222 g/mol. The highest BCUT2D eigenvalue weighted by atomic mass is 16.3. The zero-order valence-corrected chi connectivity index (χ0v) is 10.3. The second kappa shape index (κ2) is 6.00. The minimum Gasteiger partial charge on any atom is -0.389 e. The molecule has 2 nitrogen and oxygen atoms in total. The molecule has 2 heteroatoms. The molecule has 1 rings (SSSR count). The molecular weight excluding hydrogens is 200 g/mol. The van der Waals surface area contributed by atoms with Crippen LogP contribution in [0.15, 0.2) is 24.3 Å². The highest BCUT2D eigenvalue weighted by Gasteiger charge is 2.32. The fourth-order valence-corrected chi connectivity index (χ4v) is 2.41. The molecule has 0 aromatic carbocycles. The molecule has 3 atom stereocenters. The van der Waals surface area contributed by atoms with Crippen molar-refractivity contribution < 1.29 is 9.90 Å². The third kappa shape index (κ3) is 3.60. The van der Waals surface area contributed by atoms with Gasteiger partial charge in [0.15, 0.2) is 0 Å². The van der Waals surface area contributed by atoms with Gasteiger partial charge in [0, 0.05) is 12.3 Å². The van der Waals surface area contributed by atoms with E-state index in [1.165, 1.54) is 0 Å². The van der Waals surface area contributed by atoms with Gasteiger partial charge in [-0.25, -0.2) is 0 Å². The average Bonchev–Trinajstić information content (AvgIpc) is 2.55. The Balaban J connectivity index is 2.44. The van der Waals surface area contributed by atoms with Crippen LogP contribution in [0.3, 0.4) is 0 Å². The molecule has 1 aliphatic carbocycles. The Morgan fingerprint density at radius 3 is 2.88 bits per heavy atom. The van der Waals surface area contributed by atoms with E-state index < -0.39 is 6.10 Å². The first-order valence-corrected chi connectivity index (χ1v) is 6.03. The first kappa shape index (κ1) is 13.2. The van der Waals surface area contributed by atoms with Gasteiger partial charge in [0.25, 0.3) is 0 Å². The molecule has 0 aromatic heterocycles. The first-order chi connectivity index (χ1) is 7.54. The Morgan fingerprint density at radius 2 is 2.31 bits per heavy atom. The van der Waals surface area contributed by atoms with Crippen molar-refractivity contribution in [1.82, 2.24) is 0 Å². The zero-order valence-electron chi connectivity index (χ0n) is 10.3. The van der Waals surface area contributed by atoms with Crippen molar-refractivity contribution in [2.24, 2.45) is 11.8 Å². The van der Waals surface area contributed by atoms with Crippen LogP contribution >= 0.6 is 0 Å². The van der Waals surface area contributed by atoms with Crippen molar-refractivity contribution in [3.8, 4) is 0 Å². The van der Waals surface area contributed by atoms with Crippen LogP contribution in [0.2, 0.25) is 0 Å². The molecule has 0 radical (unpaired) electrons. The summed E-state index contributed by atoms with van der Waals surface area (Å²) in [4.78, 5) is 11.6. The molecule has 1 N–H and O–H groups in total. The Kier molecular flexibility index (Phi) is 4.94. The van der Waals surface area contributed by atoms with Crippen LogP contribution in [0.4, 0.5) is 0 Å². The van der Waals surface area contributed by atoms with Gasteiger partial charge in [-0.05, 0) is 39.0 Å². The number of rotatable bonds is 5. The summed E-state index contributed by atoms with van der Waals surface area (Å²) < 4.78 is 0. The molecule has 0 aromatic rings. The van der Waals surface area contributed by atoms with E-state index in [0.717, 1.165) is 18.4 Å². The van der Waals surface area contributed by atoms with E-state index in [-0.39, 0.29) is 5.92 Å². The number of hydrogen-bond donors (Lipinski definition) is 1. The summed E-state index contributed by atoms with van der Waals surface area (Å²) in [5.41, 5.74) is 1.12. The quantitative estimate of drug-likeness (QED) is 0.726. The first-order valence-electron chi connectivity index (χ1n) is 6.03. The normalized spacial score (nSPS) is 26.6. The van der Waals surface area contributed by atoms with Gasteiger partial charge in [-0.1, -0.05) is 17.7 Å². The number of carbonyl (C=O) groups is 1. The molecule has 0 amide bonds. The van der Waals surface area contributed by atoms with E-state index in [2.05, 4.69) is 6.58 Å². The van der Waals surface area contributed by atoms with E-state index in [1.807, 2.05) is 26.0 Å². The van der Waals surface area contributed by atoms with Gasteiger partial charge in [0.2, 0.25) is 0 Å². The van der Waals surface area contributed by atoms with Gasteiger partial charge in [0.05, 0.1) is 6.10 Å². The van der Waals surface area contributed by atoms with Crippen molar-refractivity contribution in [3.63, 3.8) is 0 Å². The molecule has 1 aliphatic rings. The van der Waals surface area contributed by atoms with Crippen LogP contribution in [0.25, 0.3) is 0 Å². The molecule has 0 bridgehead atoms. The van der Waals surface area contributed by atoms with E-state index >= 15 is 0 Å². The largest absolute Gasteiger partial charge is 0.389 e. The number of aliphatic hydroxyl groups excluding tert-OH is 1. The zero-order chi connectivity index (χ0) is 12.1. The summed E-state index contributed by atoms with van der Waals surface area (Å²) in [7, 11) is 0. The third-order valence-electron chi connectivity index (χ3n) is 3.26. The fourth-order valence-electron chi connectivity index (χ4n) is 2.41. The van der Waals surface area contributed by atoms with Crippen molar-refractivity contribution in [2.45, 2.75) is 45.6 Å². The summed E-state index contributed by atoms with van der Waals surface area (Å²) in [6.07, 6.45) is 6.40. The highest BCUT2D eigenvalue weighted by molar-refractivity contribution is 5.83. The number of carbonyl (C=O) groups excluding carboxylic acids is 1. The molecule has 0 spiro atoms. The molecule has 0 saturated heterocycles. The second-order valence-electron chi connectivity index (χ2n) is 4.90. The maximum Gasteiger partial charge on any atom is 0.136 e. The highest BCUT2D eigenvalue weighted by Crippen LogP contribution is 2.33. The van der Waals surface area contributed by atoms with E-state index in [4.69, 9.17) is 0 Å². The standard InChI is InChI=1S/C14H22O2/c1-4-11-5-8-14(16)13(11)7-6-12(15)9-10(2)3/h4,9,11-13,15H,1,5-8H2,2-3H3. The SMILES string of the molecule is C=CC1CCC(=O)C1CCC(O)C=C(C)C. The monoisotopic (exact) mass is 222 g/mol. The number of hydrogen-bond acceptors (Lipinski definition) is 2. The molecule has 1 saturated carbocycles. The summed E-state index contributed by atoms with van der Waals surface area (Å²) >= 11 is 0. The van der Waals surface area contributed by atoms with Crippen molar-refractivity contribution in [2.75, 3.05) is 0 Å². The molecule has 3 unspecified atom stereocenters. The van der Waals surface area contributed by atoms with E-state index in [1.54, 1.807) is 0 Å². The maximum atomic E-state index is 11.6. The summed E-state index contributed by atoms with van der Waals surface area (Å²) in [6, 6.07) is 0.